The van der Waals surface area contributed by atoms with Gasteiger partial charge in [-0.15, -0.1) is 0 Å². The lowest BCUT2D eigenvalue weighted by molar-refractivity contribution is 0.269. The Morgan fingerprint density at radius 2 is 1.45 bits per heavy atom. The SMILES string of the molecule is CC(C)(C)CCCOc1ccc(S(F)(F)(F)(F)F)cc1. The van der Waals surface area contributed by atoms with Gasteiger partial charge in [-0.1, -0.05) is 40.2 Å². The van der Waals surface area contributed by atoms with Crippen LogP contribution in [0, 0.1) is 5.41 Å². The number of hydrogen-bond acceptors (Lipinski definition) is 1. The summed E-state index contributed by atoms with van der Waals surface area (Å²) in [6, 6.07) is 2.57. The highest BCUT2D eigenvalue weighted by Gasteiger charge is 2.65. The monoisotopic (exact) mass is 318 g/mol. The Morgan fingerprint density at radius 3 is 1.85 bits per heavy atom. The molecule has 0 saturated carbocycles. The molecule has 1 rings (SSSR count). The molecule has 7 heteroatoms. The maximum Gasteiger partial charge on any atom is 0.310 e. The first-order valence-electron chi connectivity index (χ1n) is 6.14. The molecule has 1 nitrogen and oxygen atoms in total. The molecule has 0 heterocycles. The molecule has 1 aromatic rings. The van der Waals surface area contributed by atoms with Gasteiger partial charge in [-0.05, 0) is 42.5 Å². The fourth-order valence-corrected chi connectivity index (χ4v) is 2.24. The van der Waals surface area contributed by atoms with Crippen LogP contribution in [0.2, 0.25) is 0 Å². The summed E-state index contributed by atoms with van der Waals surface area (Å²) >= 11 is 0. The van der Waals surface area contributed by atoms with E-state index in [0.717, 1.165) is 25.0 Å². The molecular formula is C13H19F5OS. The first kappa shape index (κ1) is 17.1. The predicted octanol–water partition coefficient (Wildman–Crippen LogP) is 6.55. The smallest absolute Gasteiger partial charge is 0.310 e. The third kappa shape index (κ3) is 5.98. The highest BCUT2D eigenvalue weighted by Crippen LogP contribution is 3.02. The topological polar surface area (TPSA) is 9.23 Å². The van der Waals surface area contributed by atoms with Crippen molar-refractivity contribution in [2.24, 2.45) is 5.41 Å². The number of benzene rings is 1. The van der Waals surface area contributed by atoms with Gasteiger partial charge in [0.2, 0.25) is 0 Å². The first-order chi connectivity index (χ1) is 8.67. The van der Waals surface area contributed by atoms with Crippen molar-refractivity contribution in [3.05, 3.63) is 24.3 Å². The Morgan fingerprint density at radius 1 is 0.950 bits per heavy atom. The minimum Gasteiger partial charge on any atom is -0.494 e. The molecule has 0 atom stereocenters. The van der Waals surface area contributed by atoms with Crippen LogP contribution >= 0.6 is 10.2 Å². The van der Waals surface area contributed by atoms with E-state index < -0.39 is 15.1 Å². The van der Waals surface area contributed by atoms with Crippen molar-refractivity contribution < 1.29 is 24.2 Å². The average Bonchev–Trinajstić information content (AvgIpc) is 2.20. The summed E-state index contributed by atoms with van der Waals surface area (Å²) < 4.78 is 67.6. The second-order valence-electron chi connectivity index (χ2n) is 5.95. The highest BCUT2D eigenvalue weighted by atomic mass is 32.5. The number of halogens is 5. The molecule has 0 aliphatic carbocycles. The van der Waals surface area contributed by atoms with Crippen LogP contribution < -0.4 is 4.74 Å². The molecule has 118 valence electrons. The Bertz CT molecular complexity index is 458. The van der Waals surface area contributed by atoms with E-state index in [2.05, 4.69) is 20.8 Å². The second-order valence-corrected chi connectivity index (χ2v) is 8.36. The maximum atomic E-state index is 12.5. The van der Waals surface area contributed by atoms with E-state index in [1.54, 1.807) is 0 Å². The Hall–Kier alpha value is -0.980. The summed E-state index contributed by atoms with van der Waals surface area (Å²) in [5, 5.41) is 0. The molecule has 0 N–H and O–H groups in total. The first-order valence-corrected chi connectivity index (χ1v) is 8.09. The zero-order chi connectivity index (χ0) is 15.7. The molecular weight excluding hydrogens is 299 g/mol. The van der Waals surface area contributed by atoms with Crippen LogP contribution in [0.4, 0.5) is 19.4 Å². The third-order valence-corrected chi connectivity index (χ3v) is 3.77. The van der Waals surface area contributed by atoms with Crippen LogP contribution in [0.3, 0.4) is 0 Å². The molecule has 0 saturated heterocycles. The molecule has 0 aliphatic heterocycles. The lowest BCUT2D eigenvalue weighted by Gasteiger charge is -2.40. The van der Waals surface area contributed by atoms with Crippen molar-refractivity contribution >= 4 is 10.2 Å². The van der Waals surface area contributed by atoms with Gasteiger partial charge in [0, 0.05) is 0 Å². The van der Waals surface area contributed by atoms with E-state index >= 15 is 0 Å². The molecule has 1 aromatic carbocycles. The van der Waals surface area contributed by atoms with Crippen molar-refractivity contribution in [1.82, 2.24) is 0 Å². The summed E-state index contributed by atoms with van der Waals surface area (Å²) in [5.41, 5.74) is 0.148. The number of hydrogen-bond donors (Lipinski definition) is 0. The molecule has 0 amide bonds. The minimum absolute atomic E-state index is 0.148. The molecule has 0 aromatic heterocycles. The van der Waals surface area contributed by atoms with E-state index in [1.165, 1.54) is 0 Å². The lowest BCUT2D eigenvalue weighted by atomic mass is 9.91. The Labute approximate surface area is 115 Å². The van der Waals surface area contributed by atoms with Gasteiger partial charge >= 0.3 is 10.2 Å². The highest BCUT2D eigenvalue weighted by molar-refractivity contribution is 8.45. The third-order valence-electron chi connectivity index (χ3n) is 2.61. The van der Waals surface area contributed by atoms with Crippen LogP contribution in [0.15, 0.2) is 29.2 Å². The minimum atomic E-state index is -9.58. The number of rotatable bonds is 5. The van der Waals surface area contributed by atoms with Crippen molar-refractivity contribution in [3.63, 3.8) is 0 Å². The predicted molar refractivity (Wildman–Crippen MR) is 72.0 cm³/mol. The molecule has 0 fully saturated rings. The van der Waals surface area contributed by atoms with E-state index in [4.69, 9.17) is 4.74 Å². The van der Waals surface area contributed by atoms with Crippen LogP contribution in [0.25, 0.3) is 0 Å². The Kier molecular flexibility index (Phi) is 3.85. The van der Waals surface area contributed by atoms with E-state index in [9.17, 15) is 19.4 Å². The Balaban J connectivity index is 2.61. The van der Waals surface area contributed by atoms with Crippen LogP contribution in [0.1, 0.15) is 33.6 Å². The fraction of sp³-hybridized carbons (Fsp3) is 0.538. The second kappa shape index (κ2) is 4.51. The maximum absolute atomic E-state index is 12.5. The van der Waals surface area contributed by atoms with Gasteiger partial charge in [0.15, 0.2) is 0 Å². The van der Waals surface area contributed by atoms with Gasteiger partial charge in [-0.2, -0.15) is 0 Å². The summed E-state index contributed by atoms with van der Waals surface area (Å²) in [5.74, 6) is 0.157. The van der Waals surface area contributed by atoms with Crippen LogP contribution in [-0.4, -0.2) is 6.61 Å². The lowest BCUT2D eigenvalue weighted by Crippen LogP contribution is -2.08. The van der Waals surface area contributed by atoms with Crippen LogP contribution in [-0.2, 0) is 0 Å². The zero-order valence-corrected chi connectivity index (χ0v) is 12.5. The van der Waals surface area contributed by atoms with E-state index in [1.807, 2.05) is 0 Å². The van der Waals surface area contributed by atoms with Crippen molar-refractivity contribution in [3.8, 4) is 5.75 Å². The molecule has 0 spiro atoms. The van der Waals surface area contributed by atoms with E-state index in [0.29, 0.717) is 18.7 Å². The molecule has 0 radical (unpaired) electrons. The molecule has 20 heavy (non-hydrogen) atoms. The molecule has 0 unspecified atom stereocenters. The van der Waals surface area contributed by atoms with Crippen molar-refractivity contribution in [2.45, 2.75) is 38.5 Å². The normalized spacial score (nSPS) is 16.4. The van der Waals surface area contributed by atoms with Gasteiger partial charge < -0.3 is 4.74 Å². The quantitative estimate of drug-likeness (QED) is 0.442. The fourth-order valence-electron chi connectivity index (χ4n) is 1.59. The van der Waals surface area contributed by atoms with Crippen molar-refractivity contribution in [2.75, 3.05) is 6.61 Å². The summed E-state index contributed by atoms with van der Waals surface area (Å²) in [7, 11) is -9.58. The summed E-state index contributed by atoms with van der Waals surface area (Å²) in [4.78, 5) is -1.90. The zero-order valence-electron chi connectivity index (χ0n) is 11.6. The molecule has 0 aliphatic rings. The standard InChI is InChI=1S/C13H19F5OS/c1-13(2,3)9-4-10-19-11-5-7-12(8-6-11)20(14,15,16,17)18/h5-8H,4,9-10H2,1-3H3. The average molecular weight is 318 g/mol. The summed E-state index contributed by atoms with van der Waals surface area (Å²) in [6.45, 7) is 6.54. The summed E-state index contributed by atoms with van der Waals surface area (Å²) in [6.07, 6.45) is 1.64. The van der Waals surface area contributed by atoms with Gasteiger partial charge in [0.25, 0.3) is 0 Å². The number of ether oxygens (including phenoxy) is 1. The van der Waals surface area contributed by atoms with Gasteiger partial charge in [0.05, 0.1) is 6.61 Å². The molecule has 0 bridgehead atoms. The van der Waals surface area contributed by atoms with Crippen molar-refractivity contribution in [1.29, 1.82) is 0 Å². The van der Waals surface area contributed by atoms with Gasteiger partial charge in [0.1, 0.15) is 10.6 Å². The van der Waals surface area contributed by atoms with Gasteiger partial charge in [-0.25, -0.2) is 0 Å². The largest absolute Gasteiger partial charge is 0.494 e. The van der Waals surface area contributed by atoms with E-state index in [-0.39, 0.29) is 11.2 Å². The van der Waals surface area contributed by atoms with Gasteiger partial charge in [-0.3, -0.25) is 0 Å². The van der Waals surface area contributed by atoms with Crippen LogP contribution in [0.5, 0.6) is 5.75 Å².